The van der Waals surface area contributed by atoms with Crippen LogP contribution in [0.25, 0.3) is 5.82 Å². The van der Waals surface area contributed by atoms with Gasteiger partial charge in [-0.2, -0.15) is 5.10 Å². The van der Waals surface area contributed by atoms with Crippen molar-refractivity contribution >= 4 is 5.91 Å². The summed E-state index contributed by atoms with van der Waals surface area (Å²) in [5.41, 5.74) is 0.526. The van der Waals surface area contributed by atoms with Crippen LogP contribution in [0.3, 0.4) is 0 Å². The molecule has 0 unspecified atom stereocenters. The molecule has 1 aromatic carbocycles. The lowest BCUT2D eigenvalue weighted by atomic mass is 10.1. The van der Waals surface area contributed by atoms with Gasteiger partial charge in [0.1, 0.15) is 17.6 Å². The fourth-order valence-electron chi connectivity index (χ4n) is 3.40. The van der Waals surface area contributed by atoms with Crippen molar-refractivity contribution in [1.29, 1.82) is 0 Å². The number of methoxy groups -OCH3 is 2. The Kier molecular flexibility index (Phi) is 5.78. The summed E-state index contributed by atoms with van der Waals surface area (Å²) in [7, 11) is 3.13. The highest BCUT2D eigenvalue weighted by Crippen LogP contribution is 2.27. The number of ether oxygens (including phenoxy) is 3. The van der Waals surface area contributed by atoms with E-state index in [1.807, 2.05) is 17.0 Å². The SMILES string of the molecule is COc1ccc(C(=O)N2CCC(Oc3ccc(-n4cccn4)nn3)CC2)c(OC)c1. The highest BCUT2D eigenvalue weighted by atomic mass is 16.5. The fraction of sp³-hybridized carbons (Fsp3) is 0.333. The molecule has 1 aliphatic rings. The molecule has 0 spiro atoms. The Morgan fingerprint density at radius 2 is 1.90 bits per heavy atom. The van der Waals surface area contributed by atoms with Crippen molar-refractivity contribution in [3.63, 3.8) is 0 Å². The van der Waals surface area contributed by atoms with Crippen LogP contribution in [0.15, 0.2) is 48.8 Å². The third kappa shape index (κ3) is 4.19. The van der Waals surface area contributed by atoms with Crippen molar-refractivity contribution in [2.24, 2.45) is 0 Å². The Balaban J connectivity index is 1.34. The van der Waals surface area contributed by atoms with Gasteiger partial charge in [0.05, 0.1) is 19.8 Å². The Bertz CT molecular complexity index is 983. The summed E-state index contributed by atoms with van der Waals surface area (Å²) >= 11 is 0. The van der Waals surface area contributed by atoms with Crippen LogP contribution >= 0.6 is 0 Å². The van der Waals surface area contributed by atoms with Gasteiger partial charge in [-0.15, -0.1) is 10.2 Å². The lowest BCUT2D eigenvalue weighted by molar-refractivity contribution is 0.0583. The minimum Gasteiger partial charge on any atom is -0.497 e. The molecular weight excluding hydrogens is 386 g/mol. The molecule has 0 aliphatic carbocycles. The molecule has 1 aliphatic heterocycles. The molecule has 1 saturated heterocycles. The van der Waals surface area contributed by atoms with Gasteiger partial charge >= 0.3 is 0 Å². The molecular formula is C21H23N5O4. The smallest absolute Gasteiger partial charge is 0.257 e. The molecule has 0 bridgehead atoms. The zero-order valence-corrected chi connectivity index (χ0v) is 16.9. The van der Waals surface area contributed by atoms with Crippen LogP contribution in [-0.4, -0.2) is 64.2 Å². The maximum atomic E-state index is 12.9. The average molecular weight is 409 g/mol. The second-order valence-corrected chi connectivity index (χ2v) is 6.86. The third-order valence-electron chi connectivity index (χ3n) is 5.02. The normalized spacial score (nSPS) is 14.4. The third-order valence-corrected chi connectivity index (χ3v) is 5.02. The van der Waals surface area contributed by atoms with Gasteiger partial charge in [-0.05, 0) is 24.3 Å². The van der Waals surface area contributed by atoms with Crippen LogP contribution in [0.4, 0.5) is 0 Å². The lowest BCUT2D eigenvalue weighted by Crippen LogP contribution is -2.42. The van der Waals surface area contributed by atoms with Crippen molar-refractivity contribution in [2.45, 2.75) is 18.9 Å². The van der Waals surface area contributed by atoms with Crippen molar-refractivity contribution in [3.05, 3.63) is 54.4 Å². The molecule has 9 heteroatoms. The highest BCUT2D eigenvalue weighted by Gasteiger charge is 2.27. The number of rotatable bonds is 6. The maximum absolute atomic E-state index is 12.9. The number of hydrogen-bond acceptors (Lipinski definition) is 7. The number of carbonyl (C=O) groups excluding carboxylic acids is 1. The van der Waals surface area contributed by atoms with Crippen LogP contribution in [0.5, 0.6) is 17.4 Å². The molecule has 1 amide bonds. The Morgan fingerprint density at radius 3 is 2.53 bits per heavy atom. The van der Waals surface area contributed by atoms with E-state index in [1.165, 1.54) is 0 Å². The van der Waals surface area contributed by atoms with Gasteiger partial charge < -0.3 is 19.1 Å². The molecule has 0 radical (unpaired) electrons. The Labute approximate surface area is 174 Å². The molecule has 4 rings (SSSR count). The lowest BCUT2D eigenvalue weighted by Gasteiger charge is -2.32. The number of aromatic nitrogens is 4. The molecule has 0 N–H and O–H groups in total. The van der Waals surface area contributed by atoms with E-state index in [1.54, 1.807) is 55.6 Å². The predicted octanol–water partition coefficient (Wildman–Crippen LogP) is 2.36. The van der Waals surface area contributed by atoms with Gasteiger partial charge in [0.2, 0.25) is 5.88 Å². The number of benzene rings is 1. The zero-order valence-electron chi connectivity index (χ0n) is 16.9. The topological polar surface area (TPSA) is 91.6 Å². The van der Waals surface area contributed by atoms with Crippen molar-refractivity contribution < 1.29 is 19.0 Å². The quantitative estimate of drug-likeness (QED) is 0.617. The molecule has 9 nitrogen and oxygen atoms in total. The number of hydrogen-bond donors (Lipinski definition) is 0. The van der Waals surface area contributed by atoms with Crippen LogP contribution in [-0.2, 0) is 0 Å². The van der Waals surface area contributed by atoms with Crippen LogP contribution < -0.4 is 14.2 Å². The number of likely N-dealkylation sites (tertiary alicyclic amines) is 1. The summed E-state index contributed by atoms with van der Waals surface area (Å²) in [5, 5.41) is 12.4. The highest BCUT2D eigenvalue weighted by molar-refractivity contribution is 5.97. The van der Waals surface area contributed by atoms with Gasteiger partial charge in [0, 0.05) is 50.5 Å². The fourth-order valence-corrected chi connectivity index (χ4v) is 3.40. The van der Waals surface area contributed by atoms with Crippen LogP contribution in [0.1, 0.15) is 23.2 Å². The van der Waals surface area contributed by atoms with Crippen molar-refractivity contribution in [1.82, 2.24) is 24.9 Å². The summed E-state index contributed by atoms with van der Waals surface area (Å²) in [4.78, 5) is 14.7. The molecule has 30 heavy (non-hydrogen) atoms. The molecule has 0 atom stereocenters. The second kappa shape index (κ2) is 8.81. The van der Waals surface area contributed by atoms with Gasteiger partial charge in [-0.25, -0.2) is 4.68 Å². The van der Waals surface area contributed by atoms with E-state index in [0.29, 0.717) is 54.7 Å². The Morgan fingerprint density at radius 1 is 1.07 bits per heavy atom. The predicted molar refractivity (Wildman–Crippen MR) is 108 cm³/mol. The largest absolute Gasteiger partial charge is 0.497 e. The molecule has 0 saturated carbocycles. The number of amides is 1. The van der Waals surface area contributed by atoms with E-state index in [2.05, 4.69) is 15.3 Å². The summed E-state index contributed by atoms with van der Waals surface area (Å²) < 4.78 is 18.1. The van der Waals surface area contributed by atoms with E-state index >= 15 is 0 Å². The maximum Gasteiger partial charge on any atom is 0.257 e. The zero-order chi connectivity index (χ0) is 20.9. The first-order valence-corrected chi connectivity index (χ1v) is 9.69. The second-order valence-electron chi connectivity index (χ2n) is 6.86. The summed E-state index contributed by atoms with van der Waals surface area (Å²) in [6.07, 6.45) is 4.90. The van der Waals surface area contributed by atoms with E-state index in [0.717, 1.165) is 0 Å². The standard InChI is InChI=1S/C21H23N5O4/c1-28-16-4-5-17(18(14-16)29-2)21(27)25-12-8-15(9-13-25)30-20-7-6-19(23-24-20)26-11-3-10-22-26/h3-7,10-11,14-15H,8-9,12-13H2,1-2H3. The number of carbonyl (C=O) groups is 1. The summed E-state index contributed by atoms with van der Waals surface area (Å²) in [6.45, 7) is 1.19. The van der Waals surface area contributed by atoms with Gasteiger partial charge in [-0.3, -0.25) is 4.79 Å². The van der Waals surface area contributed by atoms with Gasteiger partial charge in [-0.1, -0.05) is 0 Å². The van der Waals surface area contributed by atoms with Crippen LogP contribution in [0, 0.1) is 0 Å². The van der Waals surface area contributed by atoms with E-state index in [9.17, 15) is 4.79 Å². The van der Waals surface area contributed by atoms with Gasteiger partial charge in [0.15, 0.2) is 5.82 Å². The molecule has 1 fully saturated rings. The first-order chi connectivity index (χ1) is 14.7. The number of nitrogens with zero attached hydrogens (tertiary/aromatic N) is 5. The van der Waals surface area contributed by atoms with E-state index < -0.39 is 0 Å². The Hall–Kier alpha value is -3.62. The summed E-state index contributed by atoms with van der Waals surface area (Å²) in [5.74, 6) is 2.19. The molecule has 3 heterocycles. The first-order valence-electron chi connectivity index (χ1n) is 9.69. The molecule has 156 valence electrons. The molecule has 2 aromatic heterocycles. The minimum atomic E-state index is -0.0590. The monoisotopic (exact) mass is 409 g/mol. The number of piperidine rings is 1. The van der Waals surface area contributed by atoms with Crippen molar-refractivity contribution in [2.75, 3.05) is 27.3 Å². The average Bonchev–Trinajstić information content (AvgIpc) is 3.34. The summed E-state index contributed by atoms with van der Waals surface area (Å²) in [6, 6.07) is 10.6. The minimum absolute atomic E-state index is 0.0170. The first kappa shape index (κ1) is 19.7. The molecule has 3 aromatic rings. The van der Waals surface area contributed by atoms with E-state index in [4.69, 9.17) is 14.2 Å². The van der Waals surface area contributed by atoms with Gasteiger partial charge in [0.25, 0.3) is 5.91 Å². The van der Waals surface area contributed by atoms with E-state index in [-0.39, 0.29) is 12.0 Å². The van der Waals surface area contributed by atoms with Crippen molar-refractivity contribution in [3.8, 4) is 23.2 Å². The van der Waals surface area contributed by atoms with Crippen LogP contribution in [0.2, 0.25) is 0 Å².